The molecule has 0 aromatic carbocycles. The highest BCUT2D eigenvalue weighted by Crippen LogP contribution is 2.08. The summed E-state index contributed by atoms with van der Waals surface area (Å²) in [5, 5.41) is 0. The van der Waals surface area contributed by atoms with Crippen molar-refractivity contribution < 1.29 is 0 Å². The Kier molecular flexibility index (Phi) is 3.86. The average Bonchev–Trinajstić information content (AvgIpc) is 2.14. The summed E-state index contributed by atoms with van der Waals surface area (Å²) in [5.74, 6) is 2.16. The minimum Gasteiger partial charge on any atom is -0.384 e. The molecular weight excluding hydrogens is 174 g/mol. The maximum atomic E-state index is 5.69. The van der Waals surface area contributed by atoms with Gasteiger partial charge in [0.05, 0.1) is 0 Å². The van der Waals surface area contributed by atoms with Gasteiger partial charge < -0.3 is 5.73 Å². The van der Waals surface area contributed by atoms with Crippen LogP contribution in [0.1, 0.15) is 38.7 Å². The Labute approximate surface area is 85.8 Å². The van der Waals surface area contributed by atoms with Gasteiger partial charge in [0.2, 0.25) is 0 Å². The Bertz CT molecular complexity index is 295. The molecule has 78 valence electrons. The van der Waals surface area contributed by atoms with E-state index in [1.165, 1.54) is 0 Å². The van der Waals surface area contributed by atoms with Gasteiger partial charge in [0, 0.05) is 18.2 Å². The fraction of sp³-hybridized carbons (Fsp3) is 0.636. The van der Waals surface area contributed by atoms with Crippen molar-refractivity contribution in [2.75, 3.05) is 5.73 Å². The Morgan fingerprint density at radius 3 is 2.64 bits per heavy atom. The molecule has 0 saturated heterocycles. The fourth-order valence-electron chi connectivity index (χ4n) is 1.29. The molecular formula is C11H19N3. The zero-order valence-electron chi connectivity index (χ0n) is 9.25. The van der Waals surface area contributed by atoms with Crippen LogP contribution in [-0.2, 0) is 12.8 Å². The summed E-state index contributed by atoms with van der Waals surface area (Å²) in [6.45, 7) is 6.48. The van der Waals surface area contributed by atoms with Crippen molar-refractivity contribution in [3.05, 3.63) is 17.6 Å². The van der Waals surface area contributed by atoms with Gasteiger partial charge in [-0.1, -0.05) is 20.8 Å². The van der Waals surface area contributed by atoms with Crippen LogP contribution in [0.3, 0.4) is 0 Å². The van der Waals surface area contributed by atoms with Gasteiger partial charge in [0.25, 0.3) is 0 Å². The van der Waals surface area contributed by atoms with Gasteiger partial charge in [-0.05, 0) is 18.8 Å². The Morgan fingerprint density at radius 2 is 2.07 bits per heavy atom. The normalized spacial score (nSPS) is 10.9. The van der Waals surface area contributed by atoms with Gasteiger partial charge >= 0.3 is 0 Å². The molecule has 0 spiro atoms. The number of nitrogens with zero attached hydrogens (tertiary/aromatic N) is 2. The van der Waals surface area contributed by atoms with Crippen LogP contribution >= 0.6 is 0 Å². The lowest BCUT2D eigenvalue weighted by atomic mass is 10.1. The summed E-state index contributed by atoms with van der Waals surface area (Å²) in [7, 11) is 0. The number of nitrogens with two attached hydrogens (primary N) is 1. The van der Waals surface area contributed by atoms with Crippen molar-refractivity contribution in [3.8, 4) is 0 Å². The largest absolute Gasteiger partial charge is 0.384 e. The molecule has 0 fully saturated rings. The molecule has 0 aliphatic rings. The minimum atomic E-state index is 0.593. The van der Waals surface area contributed by atoms with E-state index in [0.29, 0.717) is 11.7 Å². The Hall–Kier alpha value is -1.12. The highest BCUT2D eigenvalue weighted by Gasteiger charge is 2.02. The predicted octanol–water partition coefficient (Wildman–Crippen LogP) is 2.21. The highest BCUT2D eigenvalue weighted by atomic mass is 14.9. The smallest absolute Gasteiger partial charge is 0.131 e. The summed E-state index contributed by atoms with van der Waals surface area (Å²) >= 11 is 0. The molecule has 1 rings (SSSR count). The van der Waals surface area contributed by atoms with E-state index in [9.17, 15) is 0 Å². The third-order valence-electron chi connectivity index (χ3n) is 2.15. The van der Waals surface area contributed by atoms with Crippen molar-refractivity contribution in [3.63, 3.8) is 0 Å². The lowest BCUT2D eigenvalue weighted by Crippen LogP contribution is -2.04. The summed E-state index contributed by atoms with van der Waals surface area (Å²) in [4.78, 5) is 8.65. The summed E-state index contributed by atoms with van der Waals surface area (Å²) < 4.78 is 0. The first-order chi connectivity index (χ1) is 6.61. The van der Waals surface area contributed by atoms with Crippen LogP contribution in [0.25, 0.3) is 0 Å². The van der Waals surface area contributed by atoms with Crippen molar-refractivity contribution in [2.45, 2.75) is 40.0 Å². The fourth-order valence-corrected chi connectivity index (χ4v) is 1.29. The van der Waals surface area contributed by atoms with Gasteiger partial charge in [-0.25, -0.2) is 9.97 Å². The van der Waals surface area contributed by atoms with Crippen LogP contribution in [-0.4, -0.2) is 9.97 Å². The van der Waals surface area contributed by atoms with Gasteiger partial charge in [-0.3, -0.25) is 0 Å². The first-order valence-corrected chi connectivity index (χ1v) is 5.24. The van der Waals surface area contributed by atoms with Crippen LogP contribution in [0.15, 0.2) is 6.07 Å². The number of hydrogen-bond donors (Lipinski definition) is 1. The standard InChI is InChI=1S/C11H19N3/c1-4-9-7-10(12)14-11(13-9)6-5-8(2)3/h7-8H,4-6H2,1-3H3,(H2,12,13,14). The predicted molar refractivity (Wildman–Crippen MR) is 59.0 cm³/mol. The highest BCUT2D eigenvalue weighted by molar-refractivity contribution is 5.29. The second-order valence-electron chi connectivity index (χ2n) is 3.99. The lowest BCUT2D eigenvalue weighted by Gasteiger charge is -2.05. The topological polar surface area (TPSA) is 51.8 Å². The molecule has 1 heterocycles. The molecule has 0 amide bonds. The molecule has 2 N–H and O–H groups in total. The third-order valence-corrected chi connectivity index (χ3v) is 2.15. The zero-order valence-corrected chi connectivity index (χ0v) is 9.25. The molecule has 3 heteroatoms. The third kappa shape index (κ3) is 3.32. The molecule has 1 aromatic rings. The van der Waals surface area contributed by atoms with Crippen LogP contribution in [0.4, 0.5) is 5.82 Å². The van der Waals surface area contributed by atoms with Crippen LogP contribution in [0, 0.1) is 5.92 Å². The number of aryl methyl sites for hydroxylation is 2. The molecule has 3 nitrogen and oxygen atoms in total. The van der Waals surface area contributed by atoms with E-state index in [-0.39, 0.29) is 0 Å². The number of rotatable bonds is 4. The van der Waals surface area contributed by atoms with E-state index in [1.54, 1.807) is 0 Å². The maximum Gasteiger partial charge on any atom is 0.131 e. The van der Waals surface area contributed by atoms with E-state index < -0.39 is 0 Å². The van der Waals surface area contributed by atoms with Gasteiger partial charge in [-0.15, -0.1) is 0 Å². The first-order valence-electron chi connectivity index (χ1n) is 5.24. The van der Waals surface area contributed by atoms with E-state index in [2.05, 4.69) is 30.7 Å². The van der Waals surface area contributed by atoms with E-state index in [0.717, 1.165) is 30.8 Å². The molecule has 0 unspecified atom stereocenters. The van der Waals surface area contributed by atoms with Crippen molar-refractivity contribution in [2.24, 2.45) is 5.92 Å². The molecule has 0 bridgehead atoms. The average molecular weight is 193 g/mol. The Morgan fingerprint density at radius 1 is 1.36 bits per heavy atom. The molecule has 0 radical (unpaired) electrons. The van der Waals surface area contributed by atoms with Crippen molar-refractivity contribution in [1.29, 1.82) is 0 Å². The first kappa shape index (κ1) is 11.0. The molecule has 14 heavy (non-hydrogen) atoms. The summed E-state index contributed by atoms with van der Waals surface area (Å²) in [5.41, 5.74) is 6.73. The quantitative estimate of drug-likeness (QED) is 0.797. The molecule has 0 aliphatic carbocycles. The molecule has 0 atom stereocenters. The number of aromatic nitrogens is 2. The van der Waals surface area contributed by atoms with E-state index >= 15 is 0 Å². The number of anilines is 1. The van der Waals surface area contributed by atoms with Crippen molar-refractivity contribution >= 4 is 5.82 Å². The van der Waals surface area contributed by atoms with Crippen molar-refractivity contribution in [1.82, 2.24) is 9.97 Å². The minimum absolute atomic E-state index is 0.593. The zero-order chi connectivity index (χ0) is 10.6. The molecule has 0 aliphatic heterocycles. The Balaban J connectivity index is 2.71. The van der Waals surface area contributed by atoms with E-state index in [1.807, 2.05) is 6.07 Å². The molecule has 0 saturated carbocycles. The van der Waals surface area contributed by atoms with E-state index in [4.69, 9.17) is 5.73 Å². The van der Waals surface area contributed by atoms with Crippen LogP contribution in [0.2, 0.25) is 0 Å². The number of hydrogen-bond acceptors (Lipinski definition) is 3. The lowest BCUT2D eigenvalue weighted by molar-refractivity contribution is 0.574. The monoisotopic (exact) mass is 193 g/mol. The van der Waals surface area contributed by atoms with Gasteiger partial charge in [-0.2, -0.15) is 0 Å². The second-order valence-corrected chi connectivity index (χ2v) is 3.99. The summed E-state index contributed by atoms with van der Waals surface area (Å²) in [6, 6.07) is 1.85. The van der Waals surface area contributed by atoms with Gasteiger partial charge in [0.15, 0.2) is 0 Å². The van der Waals surface area contributed by atoms with Crippen LogP contribution in [0.5, 0.6) is 0 Å². The number of nitrogen functional groups attached to an aromatic ring is 1. The molecule has 1 aromatic heterocycles. The van der Waals surface area contributed by atoms with Crippen LogP contribution < -0.4 is 5.73 Å². The maximum absolute atomic E-state index is 5.69. The second kappa shape index (κ2) is 4.94. The summed E-state index contributed by atoms with van der Waals surface area (Å²) in [6.07, 6.45) is 2.96. The van der Waals surface area contributed by atoms with Gasteiger partial charge in [0.1, 0.15) is 11.6 Å². The SMILES string of the molecule is CCc1cc(N)nc(CCC(C)C)n1.